The van der Waals surface area contributed by atoms with Crippen molar-refractivity contribution in [3.63, 3.8) is 0 Å². The van der Waals surface area contributed by atoms with Crippen LogP contribution < -0.4 is 10.9 Å². The van der Waals surface area contributed by atoms with E-state index in [1.165, 1.54) is 6.07 Å². The topological polar surface area (TPSA) is 92.6 Å². The van der Waals surface area contributed by atoms with Crippen LogP contribution in [0.1, 0.15) is 42.8 Å². The van der Waals surface area contributed by atoms with E-state index >= 15 is 0 Å². The summed E-state index contributed by atoms with van der Waals surface area (Å²) in [6.07, 6.45) is 3.14. The van der Waals surface area contributed by atoms with E-state index in [9.17, 15) is 9.90 Å². The molecule has 3 heterocycles. The third-order valence-corrected chi connectivity index (χ3v) is 4.77. The number of nitrogens with zero attached hydrogens (tertiary/aromatic N) is 3. The first-order valence-electron chi connectivity index (χ1n) is 9.35. The van der Waals surface area contributed by atoms with E-state index in [-0.39, 0.29) is 17.4 Å². The van der Waals surface area contributed by atoms with Crippen molar-refractivity contribution in [2.24, 2.45) is 4.99 Å². The molecule has 2 aromatic heterocycles. The van der Waals surface area contributed by atoms with Crippen molar-refractivity contribution in [3.05, 3.63) is 70.0 Å². The zero-order chi connectivity index (χ0) is 19.7. The SMILES string of the molecule is CCCn1nccc1[C@H]1CC(c2c(O)cc(C)oc2=O)=Nc2ccccc2N1. The Kier molecular flexibility index (Phi) is 4.73. The number of aromatic hydroxyl groups is 1. The maximum Gasteiger partial charge on any atom is 0.348 e. The summed E-state index contributed by atoms with van der Waals surface area (Å²) in [7, 11) is 0. The number of para-hydroxylation sites is 2. The molecule has 0 unspecified atom stereocenters. The fourth-order valence-electron chi connectivity index (χ4n) is 3.55. The number of hydrogen-bond acceptors (Lipinski definition) is 6. The van der Waals surface area contributed by atoms with Crippen LogP contribution in [0.25, 0.3) is 0 Å². The summed E-state index contributed by atoms with van der Waals surface area (Å²) in [4.78, 5) is 17.2. The fourth-order valence-corrected chi connectivity index (χ4v) is 3.55. The highest BCUT2D eigenvalue weighted by atomic mass is 16.4. The summed E-state index contributed by atoms with van der Waals surface area (Å²) in [6.45, 7) is 4.53. The van der Waals surface area contributed by atoms with Crippen LogP contribution in [0.4, 0.5) is 11.4 Å². The van der Waals surface area contributed by atoms with Gasteiger partial charge >= 0.3 is 5.63 Å². The lowest BCUT2D eigenvalue weighted by atomic mass is 10.0. The number of aromatic nitrogens is 2. The lowest BCUT2D eigenvalue weighted by Gasteiger charge is -2.20. The normalized spacial score (nSPS) is 16.1. The smallest absolute Gasteiger partial charge is 0.348 e. The van der Waals surface area contributed by atoms with Gasteiger partial charge in [0.2, 0.25) is 0 Å². The fraction of sp³-hybridized carbons (Fsp3) is 0.286. The molecule has 1 aromatic carbocycles. The van der Waals surface area contributed by atoms with Crippen molar-refractivity contribution in [2.45, 2.75) is 39.3 Å². The summed E-state index contributed by atoms with van der Waals surface area (Å²) < 4.78 is 7.18. The van der Waals surface area contributed by atoms with Crippen LogP contribution in [0, 0.1) is 6.92 Å². The number of anilines is 1. The zero-order valence-corrected chi connectivity index (χ0v) is 15.8. The third kappa shape index (κ3) is 3.31. The summed E-state index contributed by atoms with van der Waals surface area (Å²) in [5, 5.41) is 18.4. The predicted octanol–water partition coefficient (Wildman–Crippen LogP) is 3.94. The Balaban J connectivity index is 1.85. The number of aryl methyl sites for hydroxylation is 2. The van der Waals surface area contributed by atoms with Gasteiger partial charge in [0.05, 0.1) is 28.8 Å². The highest BCUT2D eigenvalue weighted by Gasteiger charge is 2.27. The van der Waals surface area contributed by atoms with Gasteiger partial charge in [0.15, 0.2) is 0 Å². The van der Waals surface area contributed by atoms with Gasteiger partial charge < -0.3 is 14.8 Å². The molecule has 0 radical (unpaired) electrons. The summed E-state index contributed by atoms with van der Waals surface area (Å²) in [6, 6.07) is 10.9. The van der Waals surface area contributed by atoms with Crippen LogP contribution in [0.2, 0.25) is 0 Å². The van der Waals surface area contributed by atoms with Crippen LogP contribution in [0.5, 0.6) is 5.75 Å². The first-order chi connectivity index (χ1) is 13.6. The molecule has 0 aliphatic carbocycles. The van der Waals surface area contributed by atoms with Gasteiger partial charge in [0.1, 0.15) is 17.1 Å². The lowest BCUT2D eigenvalue weighted by Crippen LogP contribution is -2.22. The number of fused-ring (bicyclic) bond motifs is 1. The molecule has 0 saturated carbocycles. The van der Waals surface area contributed by atoms with Crippen LogP contribution >= 0.6 is 0 Å². The Morgan fingerprint density at radius 3 is 2.93 bits per heavy atom. The molecule has 1 atom stereocenters. The van der Waals surface area contributed by atoms with Gasteiger partial charge in [-0.15, -0.1) is 0 Å². The Morgan fingerprint density at radius 2 is 2.14 bits per heavy atom. The van der Waals surface area contributed by atoms with E-state index in [2.05, 4.69) is 17.3 Å². The van der Waals surface area contributed by atoms with Crippen molar-refractivity contribution in [1.82, 2.24) is 9.78 Å². The van der Waals surface area contributed by atoms with E-state index < -0.39 is 5.63 Å². The Bertz CT molecular complexity index is 1100. The number of aliphatic imine (C=N–C) groups is 1. The molecular formula is C21H22N4O3. The average Bonchev–Trinajstić information content (AvgIpc) is 3.01. The molecule has 0 fully saturated rings. The Labute approximate surface area is 162 Å². The second kappa shape index (κ2) is 7.34. The minimum atomic E-state index is -0.587. The van der Waals surface area contributed by atoms with E-state index in [0.717, 1.165) is 24.3 Å². The van der Waals surface area contributed by atoms with E-state index in [1.54, 1.807) is 13.1 Å². The van der Waals surface area contributed by atoms with Gasteiger partial charge in [-0.1, -0.05) is 19.1 Å². The molecule has 0 amide bonds. The first-order valence-corrected chi connectivity index (χ1v) is 9.35. The van der Waals surface area contributed by atoms with Crippen molar-refractivity contribution >= 4 is 17.1 Å². The predicted molar refractivity (Wildman–Crippen MR) is 108 cm³/mol. The van der Waals surface area contributed by atoms with Crippen LogP contribution in [0.3, 0.4) is 0 Å². The van der Waals surface area contributed by atoms with E-state index in [0.29, 0.717) is 23.6 Å². The van der Waals surface area contributed by atoms with Gasteiger partial charge in [-0.2, -0.15) is 5.10 Å². The monoisotopic (exact) mass is 378 g/mol. The largest absolute Gasteiger partial charge is 0.507 e. The standard InChI is InChI=1S/C21H22N4O3/c1-3-10-25-18(8-9-22-25)16-12-17(20-19(26)11-13(2)28-21(20)27)24-15-7-5-4-6-14(15)23-16/h4-9,11,16,23,26H,3,10,12H2,1-2H3/t16-/m1/s1. The molecule has 1 aliphatic heterocycles. The summed E-state index contributed by atoms with van der Waals surface area (Å²) in [5.74, 6) is 0.240. The molecule has 0 spiro atoms. The zero-order valence-electron chi connectivity index (χ0n) is 15.8. The Morgan fingerprint density at radius 1 is 1.32 bits per heavy atom. The number of hydrogen-bond donors (Lipinski definition) is 2. The maximum absolute atomic E-state index is 12.5. The Hall–Kier alpha value is -3.35. The van der Waals surface area contributed by atoms with E-state index in [4.69, 9.17) is 9.41 Å². The third-order valence-electron chi connectivity index (χ3n) is 4.77. The lowest BCUT2D eigenvalue weighted by molar-refractivity contribution is 0.432. The number of nitrogens with one attached hydrogen (secondary N) is 1. The van der Waals surface area contributed by atoms with Crippen molar-refractivity contribution in [3.8, 4) is 5.75 Å². The second-order valence-corrected chi connectivity index (χ2v) is 6.86. The molecular weight excluding hydrogens is 356 g/mol. The van der Waals surface area contributed by atoms with Crippen molar-refractivity contribution in [1.29, 1.82) is 0 Å². The van der Waals surface area contributed by atoms with Crippen LogP contribution in [0.15, 0.2) is 56.8 Å². The molecule has 3 aromatic rings. The van der Waals surface area contributed by atoms with Crippen molar-refractivity contribution < 1.29 is 9.52 Å². The second-order valence-electron chi connectivity index (χ2n) is 6.86. The minimum absolute atomic E-state index is 0.107. The molecule has 7 heteroatoms. The highest BCUT2D eigenvalue weighted by Crippen LogP contribution is 2.36. The van der Waals surface area contributed by atoms with Gasteiger partial charge in [-0.25, -0.2) is 4.79 Å². The minimum Gasteiger partial charge on any atom is -0.507 e. The molecule has 144 valence electrons. The van der Waals surface area contributed by atoms with Crippen LogP contribution in [-0.2, 0) is 6.54 Å². The summed E-state index contributed by atoms with van der Waals surface area (Å²) >= 11 is 0. The molecule has 1 aliphatic rings. The molecule has 2 N–H and O–H groups in total. The van der Waals surface area contributed by atoms with E-state index in [1.807, 2.05) is 35.0 Å². The quantitative estimate of drug-likeness (QED) is 0.717. The van der Waals surface area contributed by atoms with Gasteiger partial charge in [0, 0.05) is 25.2 Å². The van der Waals surface area contributed by atoms with Gasteiger partial charge in [-0.3, -0.25) is 9.67 Å². The van der Waals surface area contributed by atoms with Crippen molar-refractivity contribution in [2.75, 3.05) is 5.32 Å². The molecule has 7 nitrogen and oxygen atoms in total. The van der Waals surface area contributed by atoms with Gasteiger partial charge in [0.25, 0.3) is 0 Å². The number of rotatable bonds is 4. The molecule has 4 rings (SSSR count). The maximum atomic E-state index is 12.5. The molecule has 0 saturated heterocycles. The number of benzene rings is 1. The summed E-state index contributed by atoms with van der Waals surface area (Å²) in [5.41, 5.74) is 2.58. The highest BCUT2D eigenvalue weighted by molar-refractivity contribution is 6.05. The first kappa shape index (κ1) is 18.0. The molecule has 0 bridgehead atoms. The molecule has 28 heavy (non-hydrogen) atoms. The average molecular weight is 378 g/mol. The van der Waals surface area contributed by atoms with Gasteiger partial charge in [-0.05, 0) is 31.5 Å². The van der Waals surface area contributed by atoms with Crippen LogP contribution in [-0.4, -0.2) is 20.6 Å².